The van der Waals surface area contributed by atoms with Gasteiger partial charge in [-0.3, -0.25) is 0 Å². The third-order valence-electron chi connectivity index (χ3n) is 4.20. The highest BCUT2D eigenvalue weighted by Crippen LogP contribution is 2.28. The molecule has 21 heavy (non-hydrogen) atoms. The van der Waals surface area contributed by atoms with Crippen LogP contribution in [0.25, 0.3) is 0 Å². The fourth-order valence-corrected chi connectivity index (χ4v) is 3.09. The predicted octanol–water partition coefficient (Wildman–Crippen LogP) is 4.11. The van der Waals surface area contributed by atoms with Crippen molar-refractivity contribution >= 4 is 11.8 Å². The molecule has 0 bridgehead atoms. The van der Waals surface area contributed by atoms with Crippen molar-refractivity contribution in [3.8, 4) is 0 Å². The molecule has 4 nitrogen and oxygen atoms in total. The molecule has 2 rings (SSSR count). The molecule has 1 saturated carbocycles. The van der Waals surface area contributed by atoms with Crippen molar-refractivity contribution in [1.29, 1.82) is 0 Å². The standard InChI is InChI=1S/C17H26N2O2/c1-2-6-15-11-14(17(20)21)12-16(19-15)18-10-5-9-13-7-3-4-8-13/h11-13H,2-10H2,1H3,(H,18,19)(H,20,21). The van der Waals surface area contributed by atoms with Crippen LogP contribution in [0.5, 0.6) is 0 Å². The van der Waals surface area contributed by atoms with E-state index in [9.17, 15) is 4.79 Å². The highest BCUT2D eigenvalue weighted by molar-refractivity contribution is 5.88. The van der Waals surface area contributed by atoms with Gasteiger partial charge in [-0.1, -0.05) is 39.0 Å². The van der Waals surface area contributed by atoms with Gasteiger partial charge >= 0.3 is 5.97 Å². The minimum absolute atomic E-state index is 0.326. The maximum Gasteiger partial charge on any atom is 0.335 e. The number of hydrogen-bond donors (Lipinski definition) is 2. The second kappa shape index (κ2) is 8.01. The summed E-state index contributed by atoms with van der Waals surface area (Å²) in [4.78, 5) is 15.7. The molecule has 0 spiro atoms. The number of aryl methyl sites for hydroxylation is 1. The van der Waals surface area contributed by atoms with Crippen LogP contribution in [0, 0.1) is 5.92 Å². The van der Waals surface area contributed by atoms with Crippen molar-refractivity contribution in [3.05, 3.63) is 23.4 Å². The Balaban J connectivity index is 1.86. The van der Waals surface area contributed by atoms with Crippen LogP contribution in [0.2, 0.25) is 0 Å². The van der Waals surface area contributed by atoms with E-state index < -0.39 is 5.97 Å². The van der Waals surface area contributed by atoms with E-state index >= 15 is 0 Å². The number of nitrogens with zero attached hydrogens (tertiary/aromatic N) is 1. The summed E-state index contributed by atoms with van der Waals surface area (Å²) in [7, 11) is 0. The molecule has 0 amide bonds. The third kappa shape index (κ3) is 5.03. The van der Waals surface area contributed by atoms with Crippen LogP contribution < -0.4 is 5.32 Å². The minimum atomic E-state index is -0.885. The number of hydrogen-bond acceptors (Lipinski definition) is 3. The monoisotopic (exact) mass is 290 g/mol. The lowest BCUT2D eigenvalue weighted by Crippen LogP contribution is -2.08. The number of carboxylic acids is 1. The first-order valence-electron chi connectivity index (χ1n) is 8.17. The van der Waals surface area contributed by atoms with E-state index in [1.807, 2.05) is 0 Å². The summed E-state index contributed by atoms with van der Waals surface area (Å²) in [5, 5.41) is 12.4. The Morgan fingerprint density at radius 2 is 2.14 bits per heavy atom. The minimum Gasteiger partial charge on any atom is -0.478 e. The first kappa shape index (κ1) is 15.8. The Bertz CT molecular complexity index is 468. The van der Waals surface area contributed by atoms with E-state index in [2.05, 4.69) is 17.2 Å². The van der Waals surface area contributed by atoms with Gasteiger partial charge < -0.3 is 10.4 Å². The largest absolute Gasteiger partial charge is 0.478 e. The molecule has 0 aromatic carbocycles. The van der Waals surface area contributed by atoms with Gasteiger partial charge in [0.2, 0.25) is 0 Å². The molecule has 1 aliphatic rings. The van der Waals surface area contributed by atoms with Gasteiger partial charge in [0.25, 0.3) is 0 Å². The lowest BCUT2D eigenvalue weighted by Gasteiger charge is -2.11. The summed E-state index contributed by atoms with van der Waals surface area (Å²) in [5.74, 6) is 0.717. The van der Waals surface area contributed by atoms with Gasteiger partial charge in [-0.05, 0) is 37.3 Å². The maximum absolute atomic E-state index is 11.2. The molecule has 1 aromatic heterocycles. The Morgan fingerprint density at radius 1 is 1.38 bits per heavy atom. The summed E-state index contributed by atoms with van der Waals surface area (Å²) in [5.41, 5.74) is 1.18. The second-order valence-corrected chi connectivity index (χ2v) is 6.01. The van der Waals surface area contributed by atoms with Gasteiger partial charge in [0.05, 0.1) is 5.56 Å². The molecular formula is C17H26N2O2. The van der Waals surface area contributed by atoms with Crippen molar-refractivity contribution in [2.75, 3.05) is 11.9 Å². The van der Waals surface area contributed by atoms with Crippen LogP contribution in [0.4, 0.5) is 5.82 Å². The Hall–Kier alpha value is -1.58. The average molecular weight is 290 g/mol. The average Bonchev–Trinajstić information content (AvgIpc) is 2.97. The molecular weight excluding hydrogens is 264 g/mol. The summed E-state index contributed by atoms with van der Waals surface area (Å²) in [6, 6.07) is 3.31. The Labute approximate surface area is 127 Å². The topological polar surface area (TPSA) is 62.2 Å². The van der Waals surface area contributed by atoms with E-state index in [1.165, 1.54) is 32.1 Å². The van der Waals surface area contributed by atoms with E-state index in [0.717, 1.165) is 37.4 Å². The first-order chi connectivity index (χ1) is 10.2. The number of carboxylic acid groups (broad SMARTS) is 1. The highest BCUT2D eigenvalue weighted by atomic mass is 16.4. The summed E-state index contributed by atoms with van der Waals surface area (Å²) in [6.07, 6.45) is 9.73. The number of aromatic carboxylic acids is 1. The number of nitrogens with one attached hydrogen (secondary N) is 1. The zero-order valence-corrected chi connectivity index (χ0v) is 12.9. The third-order valence-corrected chi connectivity index (χ3v) is 4.20. The summed E-state index contributed by atoms with van der Waals surface area (Å²) in [6.45, 7) is 2.95. The number of carbonyl (C=O) groups is 1. The van der Waals surface area contributed by atoms with Crippen molar-refractivity contribution in [1.82, 2.24) is 4.98 Å². The van der Waals surface area contributed by atoms with E-state index in [0.29, 0.717) is 11.4 Å². The van der Waals surface area contributed by atoms with Crippen molar-refractivity contribution in [2.24, 2.45) is 5.92 Å². The molecule has 1 aliphatic carbocycles. The predicted molar refractivity (Wildman–Crippen MR) is 84.9 cm³/mol. The molecule has 0 atom stereocenters. The van der Waals surface area contributed by atoms with Crippen molar-refractivity contribution in [3.63, 3.8) is 0 Å². The van der Waals surface area contributed by atoms with Gasteiger partial charge in [0.15, 0.2) is 0 Å². The molecule has 1 fully saturated rings. The molecule has 1 aromatic rings. The molecule has 0 unspecified atom stereocenters. The van der Waals surface area contributed by atoms with Crippen molar-refractivity contribution < 1.29 is 9.90 Å². The van der Waals surface area contributed by atoms with Gasteiger partial charge in [0, 0.05) is 12.2 Å². The van der Waals surface area contributed by atoms with Gasteiger partial charge in [-0.25, -0.2) is 9.78 Å². The quantitative estimate of drug-likeness (QED) is 0.707. The number of aromatic nitrogens is 1. The van der Waals surface area contributed by atoms with Gasteiger partial charge in [-0.2, -0.15) is 0 Å². The van der Waals surface area contributed by atoms with Crippen LogP contribution in [0.3, 0.4) is 0 Å². The number of rotatable bonds is 8. The zero-order valence-electron chi connectivity index (χ0n) is 12.9. The molecule has 0 radical (unpaired) electrons. The van der Waals surface area contributed by atoms with Gasteiger partial charge in [-0.15, -0.1) is 0 Å². The lowest BCUT2D eigenvalue weighted by molar-refractivity contribution is 0.0696. The zero-order chi connectivity index (χ0) is 15.1. The lowest BCUT2D eigenvalue weighted by atomic mass is 10.0. The van der Waals surface area contributed by atoms with Crippen LogP contribution in [0.15, 0.2) is 12.1 Å². The second-order valence-electron chi connectivity index (χ2n) is 6.01. The fraction of sp³-hybridized carbons (Fsp3) is 0.647. The molecule has 0 saturated heterocycles. The SMILES string of the molecule is CCCc1cc(C(=O)O)cc(NCCCC2CCCC2)n1. The van der Waals surface area contributed by atoms with Crippen LogP contribution in [0.1, 0.15) is 67.9 Å². The summed E-state index contributed by atoms with van der Waals surface area (Å²) < 4.78 is 0. The van der Waals surface area contributed by atoms with E-state index in [4.69, 9.17) is 5.11 Å². The maximum atomic E-state index is 11.2. The smallest absolute Gasteiger partial charge is 0.335 e. The molecule has 0 aliphatic heterocycles. The molecule has 1 heterocycles. The summed E-state index contributed by atoms with van der Waals surface area (Å²) >= 11 is 0. The number of pyridine rings is 1. The normalized spacial score (nSPS) is 15.3. The van der Waals surface area contributed by atoms with E-state index in [1.54, 1.807) is 12.1 Å². The molecule has 2 N–H and O–H groups in total. The Morgan fingerprint density at radius 3 is 2.81 bits per heavy atom. The van der Waals surface area contributed by atoms with Crippen LogP contribution in [-0.4, -0.2) is 22.6 Å². The Kier molecular flexibility index (Phi) is 6.03. The molecule has 116 valence electrons. The highest BCUT2D eigenvalue weighted by Gasteiger charge is 2.14. The van der Waals surface area contributed by atoms with E-state index in [-0.39, 0.29) is 0 Å². The fourth-order valence-electron chi connectivity index (χ4n) is 3.09. The van der Waals surface area contributed by atoms with Gasteiger partial charge in [0.1, 0.15) is 5.82 Å². The number of anilines is 1. The first-order valence-corrected chi connectivity index (χ1v) is 8.17. The van der Waals surface area contributed by atoms with Crippen LogP contribution in [-0.2, 0) is 6.42 Å². The molecule has 4 heteroatoms. The van der Waals surface area contributed by atoms with Crippen LogP contribution >= 0.6 is 0 Å². The van der Waals surface area contributed by atoms with Crippen molar-refractivity contribution in [2.45, 2.75) is 58.3 Å².